The van der Waals surface area contributed by atoms with Crippen molar-refractivity contribution in [3.05, 3.63) is 52.8 Å². The molecule has 0 unspecified atom stereocenters. The molecule has 3 aromatic rings. The second-order valence-electron chi connectivity index (χ2n) is 7.06. The highest BCUT2D eigenvalue weighted by molar-refractivity contribution is 7.89. The fraction of sp³-hybridized carbons (Fsp3) is 0.368. The summed E-state index contributed by atoms with van der Waals surface area (Å²) in [5.41, 5.74) is 2.94. The molecule has 0 aliphatic carbocycles. The van der Waals surface area contributed by atoms with Crippen LogP contribution < -0.4 is 0 Å². The molecule has 0 bridgehead atoms. The highest BCUT2D eigenvalue weighted by Crippen LogP contribution is 2.22. The molecule has 1 aromatic carbocycles. The number of pyridine rings is 1. The first-order valence-electron chi connectivity index (χ1n) is 9.11. The summed E-state index contributed by atoms with van der Waals surface area (Å²) in [4.78, 5) is 7.02. The van der Waals surface area contributed by atoms with E-state index in [4.69, 9.17) is 11.6 Å². The lowest BCUT2D eigenvalue weighted by Crippen LogP contribution is -2.48. The third-order valence-electron chi connectivity index (χ3n) is 5.09. The second kappa shape index (κ2) is 7.44. The first-order valence-corrected chi connectivity index (χ1v) is 10.9. The van der Waals surface area contributed by atoms with Gasteiger partial charge in [0.25, 0.3) is 0 Å². The van der Waals surface area contributed by atoms with Gasteiger partial charge in [-0.05, 0) is 36.8 Å². The monoisotopic (exact) mass is 419 g/mol. The average molecular weight is 420 g/mol. The Labute approximate surface area is 169 Å². The van der Waals surface area contributed by atoms with Crippen molar-refractivity contribution < 1.29 is 8.42 Å². The van der Waals surface area contributed by atoms with Crippen LogP contribution in [0.4, 0.5) is 0 Å². The van der Waals surface area contributed by atoms with E-state index in [1.165, 1.54) is 10.4 Å². The molecule has 0 spiro atoms. The molecule has 1 aliphatic heterocycles. The summed E-state index contributed by atoms with van der Waals surface area (Å²) in [7, 11) is -1.62. The summed E-state index contributed by atoms with van der Waals surface area (Å²) in [6.45, 7) is 4.97. The van der Waals surface area contributed by atoms with Crippen LogP contribution in [0.3, 0.4) is 0 Å². The molecule has 0 N–H and O–H groups in total. The van der Waals surface area contributed by atoms with Gasteiger partial charge < -0.3 is 0 Å². The fourth-order valence-corrected chi connectivity index (χ4v) is 5.32. The summed E-state index contributed by atoms with van der Waals surface area (Å²) in [6, 6.07) is 8.55. The molecule has 1 aliphatic rings. The molecule has 4 rings (SSSR count). The molecule has 0 saturated carbocycles. The molecule has 1 fully saturated rings. The van der Waals surface area contributed by atoms with Crippen LogP contribution in [0, 0.1) is 6.92 Å². The van der Waals surface area contributed by atoms with Crippen LogP contribution in [-0.2, 0) is 23.6 Å². The molecular formula is C19H22ClN5O2S. The van der Waals surface area contributed by atoms with Gasteiger partial charge in [0.2, 0.25) is 10.0 Å². The molecule has 2 aromatic heterocycles. The lowest BCUT2D eigenvalue weighted by molar-refractivity contribution is 0.181. The largest absolute Gasteiger partial charge is 0.296 e. The Morgan fingerprint density at radius 3 is 2.61 bits per heavy atom. The van der Waals surface area contributed by atoms with Gasteiger partial charge >= 0.3 is 0 Å². The van der Waals surface area contributed by atoms with Crippen molar-refractivity contribution in [3.63, 3.8) is 0 Å². The lowest BCUT2D eigenvalue weighted by Gasteiger charge is -2.34. The number of fused-ring (bicyclic) bond motifs is 1. The van der Waals surface area contributed by atoms with Crippen molar-refractivity contribution in [3.8, 4) is 0 Å². The van der Waals surface area contributed by atoms with Crippen LogP contribution in [0.25, 0.3) is 11.0 Å². The minimum Gasteiger partial charge on any atom is -0.296 e. The van der Waals surface area contributed by atoms with Gasteiger partial charge in [0.05, 0.1) is 10.6 Å². The standard InChI is InChI=1S/C19H22ClN5O2S/c1-14-18-10-15(12-21-19(18)23(2)22-14)13-24-6-8-25(9-7-24)28(26,27)17-5-3-4-16(20)11-17/h3-5,10-12H,6-9,13H2,1-2H3. The van der Waals surface area contributed by atoms with Gasteiger partial charge in [0.15, 0.2) is 5.65 Å². The zero-order valence-corrected chi connectivity index (χ0v) is 17.4. The zero-order chi connectivity index (χ0) is 19.9. The summed E-state index contributed by atoms with van der Waals surface area (Å²) >= 11 is 5.95. The van der Waals surface area contributed by atoms with E-state index in [0.29, 0.717) is 31.2 Å². The van der Waals surface area contributed by atoms with Crippen LogP contribution in [0.1, 0.15) is 11.3 Å². The van der Waals surface area contributed by atoms with Gasteiger partial charge in [-0.25, -0.2) is 13.4 Å². The van der Waals surface area contributed by atoms with Crippen LogP contribution >= 0.6 is 11.6 Å². The van der Waals surface area contributed by atoms with Gasteiger partial charge in [-0.1, -0.05) is 17.7 Å². The Hall–Kier alpha value is -2.00. The van der Waals surface area contributed by atoms with E-state index >= 15 is 0 Å². The maximum absolute atomic E-state index is 12.8. The first kappa shape index (κ1) is 19.3. The van der Waals surface area contributed by atoms with Gasteiger partial charge in [0, 0.05) is 56.4 Å². The molecule has 0 atom stereocenters. The number of hydrogen-bond donors (Lipinski definition) is 0. The molecule has 0 radical (unpaired) electrons. The van der Waals surface area contributed by atoms with Crippen molar-refractivity contribution in [2.24, 2.45) is 7.05 Å². The van der Waals surface area contributed by atoms with E-state index in [-0.39, 0.29) is 4.90 Å². The van der Waals surface area contributed by atoms with Crippen molar-refractivity contribution in [2.75, 3.05) is 26.2 Å². The quantitative estimate of drug-likeness (QED) is 0.649. The fourth-order valence-electron chi connectivity index (χ4n) is 3.60. The number of nitrogens with zero attached hydrogens (tertiary/aromatic N) is 5. The van der Waals surface area contributed by atoms with Gasteiger partial charge in [-0.2, -0.15) is 9.40 Å². The van der Waals surface area contributed by atoms with Crippen LogP contribution in [0.15, 0.2) is 41.4 Å². The Morgan fingerprint density at radius 1 is 1.14 bits per heavy atom. The van der Waals surface area contributed by atoms with Crippen LogP contribution in [0.2, 0.25) is 5.02 Å². The summed E-state index contributed by atoms with van der Waals surface area (Å²) < 4.78 is 29.0. The summed E-state index contributed by atoms with van der Waals surface area (Å²) in [5.74, 6) is 0. The smallest absolute Gasteiger partial charge is 0.243 e. The highest BCUT2D eigenvalue weighted by Gasteiger charge is 2.28. The molecule has 7 nitrogen and oxygen atoms in total. The molecule has 9 heteroatoms. The summed E-state index contributed by atoms with van der Waals surface area (Å²) in [6.07, 6.45) is 1.87. The third-order valence-corrected chi connectivity index (χ3v) is 7.22. The number of hydrogen-bond acceptors (Lipinski definition) is 5. The minimum absolute atomic E-state index is 0.246. The van der Waals surface area contributed by atoms with Gasteiger partial charge in [-0.15, -0.1) is 0 Å². The predicted molar refractivity (Wildman–Crippen MR) is 109 cm³/mol. The number of aryl methyl sites for hydroxylation is 2. The second-order valence-corrected chi connectivity index (χ2v) is 9.44. The number of halogens is 1. The molecule has 148 valence electrons. The first-order chi connectivity index (χ1) is 13.3. The number of sulfonamides is 1. The van der Waals surface area contributed by atoms with Crippen molar-refractivity contribution in [1.29, 1.82) is 0 Å². The SMILES string of the molecule is Cc1nn(C)c2ncc(CN3CCN(S(=O)(=O)c4cccc(Cl)c4)CC3)cc12. The predicted octanol–water partition coefficient (Wildman–Crippen LogP) is 2.44. The number of benzene rings is 1. The van der Waals surface area contributed by atoms with Gasteiger partial charge in [0.1, 0.15) is 0 Å². The lowest BCUT2D eigenvalue weighted by atomic mass is 10.2. The summed E-state index contributed by atoms with van der Waals surface area (Å²) in [5, 5.41) is 5.89. The van der Waals surface area contributed by atoms with Crippen molar-refractivity contribution in [1.82, 2.24) is 24.0 Å². The molecule has 28 heavy (non-hydrogen) atoms. The van der Waals surface area contributed by atoms with Crippen molar-refractivity contribution in [2.45, 2.75) is 18.4 Å². The third kappa shape index (κ3) is 3.65. The van der Waals surface area contributed by atoms with E-state index in [1.54, 1.807) is 22.9 Å². The normalized spacial score (nSPS) is 16.7. The molecule has 3 heterocycles. The molecule has 1 saturated heterocycles. The minimum atomic E-state index is -3.51. The van der Waals surface area contributed by atoms with E-state index in [2.05, 4.69) is 21.0 Å². The van der Waals surface area contributed by atoms with E-state index < -0.39 is 10.0 Å². The molecular weight excluding hydrogens is 398 g/mol. The maximum Gasteiger partial charge on any atom is 0.243 e. The maximum atomic E-state index is 12.8. The van der Waals surface area contributed by atoms with E-state index in [0.717, 1.165) is 28.8 Å². The Bertz CT molecular complexity index is 1120. The molecule has 0 amide bonds. The van der Waals surface area contributed by atoms with E-state index in [1.807, 2.05) is 20.2 Å². The number of piperazine rings is 1. The number of rotatable bonds is 4. The zero-order valence-electron chi connectivity index (χ0n) is 15.8. The average Bonchev–Trinajstić information content (AvgIpc) is 2.96. The number of aromatic nitrogens is 3. The van der Waals surface area contributed by atoms with Crippen molar-refractivity contribution >= 4 is 32.7 Å². The van der Waals surface area contributed by atoms with Crippen LogP contribution in [-0.4, -0.2) is 58.6 Å². The van der Waals surface area contributed by atoms with Gasteiger partial charge in [-0.3, -0.25) is 9.58 Å². The highest BCUT2D eigenvalue weighted by atomic mass is 35.5. The Kier molecular flexibility index (Phi) is 5.13. The van der Waals surface area contributed by atoms with Crippen LogP contribution in [0.5, 0.6) is 0 Å². The Morgan fingerprint density at radius 2 is 1.89 bits per heavy atom. The topological polar surface area (TPSA) is 71.3 Å². The van der Waals surface area contributed by atoms with E-state index in [9.17, 15) is 8.42 Å². The Balaban J connectivity index is 1.44.